The Morgan fingerprint density at radius 1 is 1.64 bits per heavy atom. The van der Waals surface area contributed by atoms with Crippen molar-refractivity contribution in [3.05, 3.63) is 12.2 Å². The Bertz CT molecular complexity index is 211. The number of allylic oxidation sites excluding steroid dienone is 1. The molecule has 3 heteroatoms. The van der Waals surface area contributed by atoms with E-state index in [1.807, 2.05) is 6.07 Å². The molecule has 11 heavy (non-hydrogen) atoms. The zero-order chi connectivity index (χ0) is 8.91. The first kappa shape index (κ1) is 9.70. The van der Waals surface area contributed by atoms with Gasteiger partial charge in [0.1, 0.15) is 6.07 Å². The van der Waals surface area contributed by atoms with E-state index in [1.165, 1.54) is 19.9 Å². The molecule has 0 aliphatic heterocycles. The van der Waals surface area contributed by atoms with Gasteiger partial charge in [-0.1, -0.05) is 6.08 Å². The average molecular weight is 153 g/mol. The van der Waals surface area contributed by atoms with E-state index in [-0.39, 0.29) is 0 Å². The van der Waals surface area contributed by atoms with Gasteiger partial charge in [-0.3, -0.25) is 0 Å². The molecule has 0 bridgehead atoms. The first-order chi connectivity index (χ1) is 5.02. The van der Waals surface area contributed by atoms with Crippen molar-refractivity contribution in [3.63, 3.8) is 0 Å². The molecule has 0 rings (SSSR count). The Morgan fingerprint density at radius 2 is 2.18 bits per heavy atom. The molecule has 0 saturated carbocycles. The van der Waals surface area contributed by atoms with Crippen LogP contribution in [-0.2, 0) is 9.53 Å². The SMILES string of the molecule is C/C=C/C(=O)OC(C)(C)C#N. The fourth-order valence-electron chi connectivity index (χ4n) is 0.444. The van der Waals surface area contributed by atoms with Crippen LogP contribution in [0.25, 0.3) is 0 Å². The third kappa shape index (κ3) is 4.15. The van der Waals surface area contributed by atoms with Crippen LogP contribution in [0.5, 0.6) is 0 Å². The van der Waals surface area contributed by atoms with Crippen LogP contribution in [0.3, 0.4) is 0 Å². The van der Waals surface area contributed by atoms with E-state index in [2.05, 4.69) is 0 Å². The first-order valence-corrected chi connectivity index (χ1v) is 3.29. The molecule has 0 aromatic carbocycles. The monoisotopic (exact) mass is 153 g/mol. The number of nitrogens with zero attached hydrogens (tertiary/aromatic N) is 1. The van der Waals surface area contributed by atoms with E-state index in [1.54, 1.807) is 13.0 Å². The zero-order valence-electron chi connectivity index (χ0n) is 6.92. The normalized spacial score (nSPS) is 11.1. The largest absolute Gasteiger partial charge is 0.441 e. The molecule has 0 aliphatic carbocycles. The maximum atomic E-state index is 10.8. The molecule has 0 aromatic heterocycles. The second kappa shape index (κ2) is 3.77. The quantitative estimate of drug-likeness (QED) is 0.445. The van der Waals surface area contributed by atoms with Crippen LogP contribution in [0, 0.1) is 11.3 Å². The molecule has 0 N–H and O–H groups in total. The molecule has 0 fully saturated rings. The minimum absolute atomic E-state index is 0.487. The highest BCUT2D eigenvalue weighted by atomic mass is 16.6. The highest BCUT2D eigenvalue weighted by Crippen LogP contribution is 2.06. The van der Waals surface area contributed by atoms with Gasteiger partial charge in [-0.05, 0) is 20.8 Å². The Balaban J connectivity index is 4.07. The lowest BCUT2D eigenvalue weighted by atomic mass is 10.2. The Hall–Kier alpha value is -1.30. The minimum Gasteiger partial charge on any atom is -0.441 e. The Morgan fingerprint density at radius 3 is 2.55 bits per heavy atom. The third-order valence-electron chi connectivity index (χ3n) is 0.928. The van der Waals surface area contributed by atoms with Gasteiger partial charge in [0.25, 0.3) is 0 Å². The number of esters is 1. The summed E-state index contributed by atoms with van der Waals surface area (Å²) >= 11 is 0. The summed E-state index contributed by atoms with van der Waals surface area (Å²) in [7, 11) is 0. The van der Waals surface area contributed by atoms with Gasteiger partial charge in [0, 0.05) is 6.08 Å². The smallest absolute Gasteiger partial charge is 0.331 e. The summed E-state index contributed by atoms with van der Waals surface area (Å²) < 4.78 is 4.74. The number of carbonyl (C=O) groups is 1. The van der Waals surface area contributed by atoms with Crippen molar-refractivity contribution in [2.45, 2.75) is 26.4 Å². The van der Waals surface area contributed by atoms with Gasteiger partial charge in [0.15, 0.2) is 5.60 Å². The number of nitriles is 1. The van der Waals surface area contributed by atoms with E-state index in [9.17, 15) is 4.79 Å². The lowest BCUT2D eigenvalue weighted by Gasteiger charge is -2.14. The summed E-state index contributed by atoms with van der Waals surface area (Å²) in [5.74, 6) is -0.487. The molecule has 3 nitrogen and oxygen atoms in total. The van der Waals surface area contributed by atoms with Gasteiger partial charge in [0.2, 0.25) is 0 Å². The van der Waals surface area contributed by atoms with E-state index in [0.29, 0.717) is 0 Å². The Kier molecular flexibility index (Phi) is 3.32. The van der Waals surface area contributed by atoms with Gasteiger partial charge >= 0.3 is 5.97 Å². The highest BCUT2D eigenvalue weighted by Gasteiger charge is 2.19. The standard InChI is InChI=1S/C8H11NO2/c1-4-5-7(10)11-8(2,3)6-9/h4-5H,1-3H3/b5-4+. The molecule has 0 unspecified atom stereocenters. The van der Waals surface area contributed by atoms with Gasteiger partial charge in [-0.2, -0.15) is 5.26 Å². The minimum atomic E-state index is -1.03. The number of hydrogen-bond donors (Lipinski definition) is 0. The van der Waals surface area contributed by atoms with E-state index in [0.717, 1.165) is 0 Å². The van der Waals surface area contributed by atoms with Crippen LogP contribution in [-0.4, -0.2) is 11.6 Å². The van der Waals surface area contributed by atoms with Crippen molar-refractivity contribution in [1.29, 1.82) is 5.26 Å². The second-order valence-corrected chi connectivity index (χ2v) is 2.54. The molecule has 0 aliphatic rings. The fourth-order valence-corrected chi connectivity index (χ4v) is 0.444. The van der Waals surface area contributed by atoms with Crippen molar-refractivity contribution >= 4 is 5.97 Å². The molecule has 0 spiro atoms. The van der Waals surface area contributed by atoms with Crippen LogP contribution in [0.4, 0.5) is 0 Å². The lowest BCUT2D eigenvalue weighted by Crippen LogP contribution is -2.24. The van der Waals surface area contributed by atoms with Gasteiger partial charge in [-0.15, -0.1) is 0 Å². The number of carbonyl (C=O) groups excluding carboxylic acids is 1. The summed E-state index contributed by atoms with van der Waals surface area (Å²) in [6.45, 7) is 4.78. The molecule has 0 aromatic rings. The summed E-state index contributed by atoms with van der Waals surface area (Å²) in [6.07, 6.45) is 2.84. The molecular formula is C8H11NO2. The molecular weight excluding hydrogens is 142 g/mol. The van der Waals surface area contributed by atoms with Crippen LogP contribution in [0.2, 0.25) is 0 Å². The Labute approximate surface area is 66.3 Å². The molecule has 60 valence electrons. The van der Waals surface area contributed by atoms with Crippen LogP contribution >= 0.6 is 0 Å². The van der Waals surface area contributed by atoms with Crippen LogP contribution in [0.15, 0.2) is 12.2 Å². The van der Waals surface area contributed by atoms with Gasteiger partial charge in [0.05, 0.1) is 0 Å². The predicted molar refractivity (Wildman–Crippen MR) is 40.6 cm³/mol. The average Bonchev–Trinajstić information content (AvgIpc) is 1.87. The number of hydrogen-bond acceptors (Lipinski definition) is 3. The van der Waals surface area contributed by atoms with Crippen molar-refractivity contribution in [2.75, 3.05) is 0 Å². The molecule has 0 amide bonds. The van der Waals surface area contributed by atoms with E-state index < -0.39 is 11.6 Å². The number of rotatable bonds is 2. The van der Waals surface area contributed by atoms with E-state index >= 15 is 0 Å². The third-order valence-corrected chi connectivity index (χ3v) is 0.928. The number of ether oxygens (including phenoxy) is 1. The molecule has 0 heterocycles. The van der Waals surface area contributed by atoms with Crippen molar-refractivity contribution in [1.82, 2.24) is 0 Å². The van der Waals surface area contributed by atoms with Crippen LogP contribution < -0.4 is 0 Å². The lowest BCUT2D eigenvalue weighted by molar-refractivity contribution is -0.145. The summed E-state index contributed by atoms with van der Waals surface area (Å²) in [5, 5.41) is 8.46. The summed E-state index contributed by atoms with van der Waals surface area (Å²) in [5.41, 5.74) is -1.03. The van der Waals surface area contributed by atoms with Gasteiger partial charge in [-0.25, -0.2) is 4.79 Å². The van der Waals surface area contributed by atoms with Crippen molar-refractivity contribution in [3.8, 4) is 6.07 Å². The molecule has 0 radical (unpaired) electrons. The molecule has 0 atom stereocenters. The summed E-state index contributed by atoms with van der Waals surface area (Å²) in [4.78, 5) is 10.8. The zero-order valence-corrected chi connectivity index (χ0v) is 6.92. The highest BCUT2D eigenvalue weighted by molar-refractivity contribution is 5.82. The maximum absolute atomic E-state index is 10.8. The van der Waals surface area contributed by atoms with Crippen LogP contribution in [0.1, 0.15) is 20.8 Å². The topological polar surface area (TPSA) is 50.1 Å². The van der Waals surface area contributed by atoms with Gasteiger partial charge < -0.3 is 4.74 Å². The first-order valence-electron chi connectivity index (χ1n) is 3.29. The van der Waals surface area contributed by atoms with Crippen molar-refractivity contribution in [2.24, 2.45) is 0 Å². The fraction of sp³-hybridized carbons (Fsp3) is 0.500. The van der Waals surface area contributed by atoms with E-state index in [4.69, 9.17) is 10.00 Å². The molecule has 0 saturated heterocycles. The predicted octanol–water partition coefficient (Wildman–Crippen LogP) is 1.41. The second-order valence-electron chi connectivity index (χ2n) is 2.54. The summed E-state index contributed by atoms with van der Waals surface area (Å²) in [6, 6.07) is 1.85. The van der Waals surface area contributed by atoms with Crippen molar-refractivity contribution < 1.29 is 9.53 Å². The maximum Gasteiger partial charge on any atom is 0.331 e.